The van der Waals surface area contributed by atoms with Gasteiger partial charge in [0.2, 0.25) is 0 Å². The van der Waals surface area contributed by atoms with E-state index >= 15 is 0 Å². The first-order valence-electron chi connectivity index (χ1n) is 10.7. The summed E-state index contributed by atoms with van der Waals surface area (Å²) < 4.78 is 11.9. The molecule has 4 N–H and O–H groups in total. The topological polar surface area (TPSA) is 70.5 Å². The van der Waals surface area contributed by atoms with Crippen LogP contribution < -0.4 is 20.9 Å². The quantitative estimate of drug-likeness (QED) is 0.428. The number of allylic oxidation sites excluding steroid dienone is 5. The highest BCUT2D eigenvalue weighted by molar-refractivity contribution is 5.46. The molecule has 0 aromatic heterocycles. The summed E-state index contributed by atoms with van der Waals surface area (Å²) in [6.07, 6.45) is 9.13. The van der Waals surface area contributed by atoms with Crippen molar-refractivity contribution < 1.29 is 9.47 Å². The van der Waals surface area contributed by atoms with Crippen LogP contribution in [-0.4, -0.2) is 0 Å². The molecule has 0 aliphatic heterocycles. The lowest BCUT2D eigenvalue weighted by Crippen LogP contribution is -2.20. The van der Waals surface area contributed by atoms with Gasteiger partial charge in [-0.3, -0.25) is 0 Å². The Labute approximate surface area is 189 Å². The lowest BCUT2D eigenvalue weighted by Gasteiger charge is -2.28. The van der Waals surface area contributed by atoms with Crippen LogP contribution in [0.25, 0.3) is 0 Å². The molecule has 0 spiro atoms. The van der Waals surface area contributed by atoms with Crippen molar-refractivity contribution in [3.63, 3.8) is 0 Å². The number of hydrogen-bond acceptors (Lipinski definition) is 4. The minimum atomic E-state index is -0.142. The van der Waals surface area contributed by atoms with Crippen molar-refractivity contribution in [1.82, 2.24) is 0 Å². The van der Waals surface area contributed by atoms with Gasteiger partial charge in [0.15, 0.2) is 0 Å². The molecule has 3 aromatic rings. The summed E-state index contributed by atoms with van der Waals surface area (Å²) in [4.78, 5) is 0. The molecule has 0 saturated carbocycles. The average molecular weight is 425 g/mol. The van der Waals surface area contributed by atoms with Crippen LogP contribution in [0.4, 0.5) is 11.4 Å². The molecular weight excluding hydrogens is 396 g/mol. The highest BCUT2D eigenvalue weighted by atomic mass is 16.5. The zero-order chi connectivity index (χ0) is 22.6. The molecule has 3 aromatic carbocycles. The first-order chi connectivity index (χ1) is 15.4. The van der Waals surface area contributed by atoms with Crippen LogP contribution in [0.15, 0.2) is 108 Å². The molecule has 1 aliphatic carbocycles. The van der Waals surface area contributed by atoms with Gasteiger partial charge in [-0.25, -0.2) is 0 Å². The summed E-state index contributed by atoms with van der Waals surface area (Å²) in [6, 6.07) is 23.1. The predicted molar refractivity (Wildman–Crippen MR) is 132 cm³/mol. The van der Waals surface area contributed by atoms with E-state index in [1.807, 2.05) is 72.8 Å². The largest absolute Gasteiger partial charge is 0.458 e. The number of rotatable bonds is 6. The van der Waals surface area contributed by atoms with E-state index in [1.165, 1.54) is 11.1 Å². The fourth-order valence-electron chi connectivity index (χ4n) is 3.61. The number of anilines is 2. The highest BCUT2D eigenvalue weighted by Crippen LogP contribution is 2.36. The molecule has 32 heavy (non-hydrogen) atoms. The Hall–Kier alpha value is -3.92. The second kappa shape index (κ2) is 9.06. The summed E-state index contributed by atoms with van der Waals surface area (Å²) >= 11 is 0. The molecule has 4 rings (SSSR count). The van der Waals surface area contributed by atoms with Crippen LogP contribution in [0.2, 0.25) is 0 Å². The van der Waals surface area contributed by atoms with Crippen LogP contribution in [-0.2, 0) is 5.41 Å². The maximum absolute atomic E-state index is 6.00. The number of benzene rings is 3. The Balaban J connectivity index is 1.45. The van der Waals surface area contributed by atoms with Crippen molar-refractivity contribution in [2.24, 2.45) is 0 Å². The highest BCUT2D eigenvalue weighted by Gasteiger charge is 2.25. The Morgan fingerprint density at radius 2 is 1.19 bits per heavy atom. The molecule has 0 atom stereocenters. The molecule has 1 aliphatic rings. The molecular formula is C28H28N2O2. The van der Waals surface area contributed by atoms with Gasteiger partial charge in [-0.2, -0.15) is 0 Å². The number of ether oxygens (including phenoxy) is 2. The summed E-state index contributed by atoms with van der Waals surface area (Å²) in [5, 5.41) is 0. The number of hydrogen-bond donors (Lipinski definition) is 2. The molecule has 0 fully saturated rings. The molecule has 0 unspecified atom stereocenters. The summed E-state index contributed by atoms with van der Waals surface area (Å²) in [6.45, 7) is 4.48. The Morgan fingerprint density at radius 3 is 1.75 bits per heavy atom. The van der Waals surface area contributed by atoms with E-state index in [-0.39, 0.29) is 5.41 Å². The van der Waals surface area contributed by atoms with E-state index in [0.29, 0.717) is 0 Å². The maximum Gasteiger partial charge on any atom is 0.127 e. The fraction of sp³-hybridized carbons (Fsp3) is 0.143. The van der Waals surface area contributed by atoms with Crippen molar-refractivity contribution in [1.29, 1.82) is 0 Å². The standard InChI is InChI=1S/C28H28N2O2/c1-28(2,21-7-14-25(15-8-21)32-27-18-11-23(30)12-19-27)20-4-3-5-24(13-6-20)31-26-16-9-22(29)10-17-26/h3-5,7-19H,6,29-30H2,1-2H3. The van der Waals surface area contributed by atoms with Gasteiger partial charge in [0.25, 0.3) is 0 Å². The second-order valence-electron chi connectivity index (χ2n) is 8.35. The number of nitrogens with two attached hydrogens (primary N) is 2. The van der Waals surface area contributed by atoms with Crippen molar-refractivity contribution in [3.05, 3.63) is 114 Å². The Morgan fingerprint density at radius 1 is 0.688 bits per heavy atom. The average Bonchev–Trinajstić information content (AvgIpc) is 3.03. The van der Waals surface area contributed by atoms with Gasteiger partial charge < -0.3 is 20.9 Å². The second-order valence-corrected chi connectivity index (χ2v) is 8.35. The van der Waals surface area contributed by atoms with Crippen LogP contribution in [0.1, 0.15) is 25.8 Å². The monoisotopic (exact) mass is 424 g/mol. The zero-order valence-electron chi connectivity index (χ0n) is 18.4. The minimum absolute atomic E-state index is 0.142. The fourth-order valence-corrected chi connectivity index (χ4v) is 3.61. The lowest BCUT2D eigenvalue weighted by molar-refractivity contribution is 0.442. The first-order valence-corrected chi connectivity index (χ1v) is 10.7. The normalized spacial score (nSPS) is 13.7. The van der Waals surface area contributed by atoms with E-state index in [2.05, 4.69) is 38.1 Å². The smallest absolute Gasteiger partial charge is 0.127 e. The molecule has 0 saturated heterocycles. The molecule has 0 radical (unpaired) electrons. The minimum Gasteiger partial charge on any atom is -0.458 e. The molecule has 162 valence electrons. The SMILES string of the molecule is CC(C)(C1=CC=CC(Oc2ccc(N)cc2)=CC1)c1ccc(Oc2ccc(N)cc2)cc1. The van der Waals surface area contributed by atoms with Crippen LogP contribution >= 0.6 is 0 Å². The van der Waals surface area contributed by atoms with Gasteiger partial charge >= 0.3 is 0 Å². The maximum atomic E-state index is 6.00. The van der Waals surface area contributed by atoms with Crippen molar-refractivity contribution in [2.75, 3.05) is 11.5 Å². The summed E-state index contributed by atoms with van der Waals surface area (Å²) in [5.41, 5.74) is 15.3. The molecule has 0 bridgehead atoms. The third-order valence-electron chi connectivity index (χ3n) is 5.69. The molecule has 4 heteroatoms. The molecule has 0 amide bonds. The summed E-state index contributed by atoms with van der Waals surface area (Å²) in [5.74, 6) is 3.16. The zero-order valence-corrected chi connectivity index (χ0v) is 18.4. The van der Waals surface area contributed by atoms with E-state index in [9.17, 15) is 0 Å². The van der Waals surface area contributed by atoms with Gasteiger partial charge in [0, 0.05) is 16.8 Å². The van der Waals surface area contributed by atoms with E-state index in [4.69, 9.17) is 20.9 Å². The van der Waals surface area contributed by atoms with E-state index in [1.54, 1.807) is 0 Å². The third-order valence-corrected chi connectivity index (χ3v) is 5.69. The first kappa shape index (κ1) is 21.3. The molecule has 4 nitrogen and oxygen atoms in total. The lowest BCUT2D eigenvalue weighted by atomic mass is 9.76. The van der Waals surface area contributed by atoms with Gasteiger partial charge in [-0.1, -0.05) is 43.7 Å². The van der Waals surface area contributed by atoms with Crippen molar-refractivity contribution >= 4 is 11.4 Å². The Kier molecular flexibility index (Phi) is 6.04. The third kappa shape index (κ3) is 5.03. The number of nitrogen functional groups attached to an aromatic ring is 2. The van der Waals surface area contributed by atoms with Crippen LogP contribution in [0.3, 0.4) is 0 Å². The van der Waals surface area contributed by atoms with Crippen LogP contribution in [0, 0.1) is 0 Å². The van der Waals surface area contributed by atoms with Gasteiger partial charge in [0.1, 0.15) is 23.0 Å². The van der Waals surface area contributed by atoms with Crippen LogP contribution in [0.5, 0.6) is 17.2 Å². The molecule has 0 heterocycles. The van der Waals surface area contributed by atoms with Crippen molar-refractivity contribution in [3.8, 4) is 17.2 Å². The summed E-state index contributed by atoms with van der Waals surface area (Å²) in [7, 11) is 0. The van der Waals surface area contributed by atoms with Gasteiger partial charge in [-0.15, -0.1) is 0 Å². The van der Waals surface area contributed by atoms with Gasteiger partial charge in [-0.05, 0) is 84.8 Å². The van der Waals surface area contributed by atoms with Crippen molar-refractivity contribution in [2.45, 2.75) is 25.7 Å². The predicted octanol–water partition coefficient (Wildman–Crippen LogP) is 6.77. The van der Waals surface area contributed by atoms with E-state index in [0.717, 1.165) is 40.8 Å². The Bertz CT molecular complexity index is 1150. The van der Waals surface area contributed by atoms with E-state index < -0.39 is 0 Å². The van der Waals surface area contributed by atoms with Gasteiger partial charge in [0.05, 0.1) is 0 Å².